The fraction of sp³-hybridized carbons (Fsp3) is 0.0909. The molecule has 0 atom stereocenters. The Kier molecular flexibility index (Phi) is 3.71. The Hall–Kier alpha value is -2.50. The lowest BCUT2D eigenvalue weighted by Crippen LogP contribution is -1.98. The fourth-order valence-electron chi connectivity index (χ4n) is 1.39. The third kappa shape index (κ3) is 2.97. The summed E-state index contributed by atoms with van der Waals surface area (Å²) in [5.74, 6) is -1.24. The number of aryl methyl sites for hydroxylation is 1. The average Bonchev–Trinajstić information content (AvgIpc) is 2.25. The van der Waals surface area contributed by atoms with Crippen LogP contribution < -0.4 is 0 Å². The highest BCUT2D eigenvalue weighted by Crippen LogP contribution is 2.25. The first-order valence-corrected chi connectivity index (χ1v) is 4.61. The first-order valence-electron chi connectivity index (χ1n) is 4.61. The number of nitro groups is 1. The summed E-state index contributed by atoms with van der Waals surface area (Å²) in [7, 11) is 0. The van der Waals surface area contributed by atoms with Crippen LogP contribution in [0.2, 0.25) is 0 Å². The van der Waals surface area contributed by atoms with E-state index < -0.39 is 10.9 Å². The second-order valence-corrected chi connectivity index (χ2v) is 3.33. The second-order valence-electron chi connectivity index (χ2n) is 3.33. The molecule has 0 saturated heterocycles. The maximum absolute atomic E-state index is 10.8. The zero-order chi connectivity index (χ0) is 13.0. The Morgan fingerprint density at radius 1 is 1.47 bits per heavy atom. The number of nitrogens with zero attached hydrogens (tertiary/aromatic N) is 1. The van der Waals surface area contributed by atoms with Crippen LogP contribution in [-0.2, 0) is 4.79 Å². The summed E-state index contributed by atoms with van der Waals surface area (Å²) in [5, 5.41) is 19.3. The van der Waals surface area contributed by atoms with Gasteiger partial charge in [-0.3, -0.25) is 14.9 Å². The topological polar surface area (TPSA) is 97.5 Å². The van der Waals surface area contributed by atoms with Gasteiger partial charge in [0.2, 0.25) is 0 Å². The van der Waals surface area contributed by atoms with Crippen molar-refractivity contribution in [3.8, 4) is 0 Å². The van der Waals surface area contributed by atoms with E-state index in [1.54, 1.807) is 6.92 Å². The Morgan fingerprint density at radius 3 is 2.59 bits per heavy atom. The van der Waals surface area contributed by atoms with Crippen LogP contribution in [-0.4, -0.2) is 22.3 Å². The summed E-state index contributed by atoms with van der Waals surface area (Å²) in [4.78, 5) is 31.3. The second kappa shape index (κ2) is 5.02. The summed E-state index contributed by atoms with van der Waals surface area (Å²) in [6, 6.07) is 2.75. The summed E-state index contributed by atoms with van der Waals surface area (Å²) in [5.41, 5.74) is 0.364. The molecule has 1 aromatic rings. The van der Waals surface area contributed by atoms with Crippen molar-refractivity contribution in [3.63, 3.8) is 0 Å². The average molecular weight is 235 g/mol. The van der Waals surface area contributed by atoms with Crippen LogP contribution in [0.5, 0.6) is 0 Å². The Labute approximate surface area is 96.3 Å². The molecular weight excluding hydrogens is 226 g/mol. The van der Waals surface area contributed by atoms with Gasteiger partial charge < -0.3 is 5.11 Å². The Balaban J connectivity index is 3.47. The van der Waals surface area contributed by atoms with Crippen molar-refractivity contribution in [2.75, 3.05) is 0 Å². The largest absolute Gasteiger partial charge is 0.478 e. The predicted molar refractivity (Wildman–Crippen MR) is 59.9 cm³/mol. The number of carbonyl (C=O) groups is 2. The Morgan fingerprint density at radius 2 is 2.12 bits per heavy atom. The van der Waals surface area contributed by atoms with Crippen LogP contribution >= 0.6 is 0 Å². The third-order valence-corrected chi connectivity index (χ3v) is 2.05. The van der Waals surface area contributed by atoms with E-state index in [0.29, 0.717) is 11.8 Å². The van der Waals surface area contributed by atoms with Crippen LogP contribution in [0.15, 0.2) is 18.2 Å². The molecule has 1 aromatic carbocycles. The van der Waals surface area contributed by atoms with Gasteiger partial charge in [-0.05, 0) is 24.6 Å². The smallest absolute Gasteiger partial charge is 0.328 e. The monoisotopic (exact) mass is 235 g/mol. The minimum absolute atomic E-state index is 0.00185. The molecule has 6 heteroatoms. The number of aliphatic carboxylic acids is 1. The van der Waals surface area contributed by atoms with Gasteiger partial charge in [0.05, 0.1) is 10.5 Å². The number of carboxylic acid groups (broad SMARTS) is 1. The number of nitro benzene ring substituents is 1. The molecule has 0 heterocycles. The van der Waals surface area contributed by atoms with E-state index in [-0.39, 0.29) is 16.8 Å². The van der Waals surface area contributed by atoms with Gasteiger partial charge in [0.15, 0.2) is 6.29 Å². The minimum atomic E-state index is -1.24. The molecule has 0 aromatic heterocycles. The van der Waals surface area contributed by atoms with Crippen LogP contribution in [0.25, 0.3) is 6.08 Å². The molecule has 0 aliphatic carbocycles. The van der Waals surface area contributed by atoms with Crippen molar-refractivity contribution in [1.82, 2.24) is 0 Å². The van der Waals surface area contributed by atoms with Gasteiger partial charge in [-0.2, -0.15) is 0 Å². The highest BCUT2D eigenvalue weighted by atomic mass is 16.6. The summed E-state index contributed by atoms with van der Waals surface area (Å²) in [6.07, 6.45) is 2.26. The summed E-state index contributed by atoms with van der Waals surface area (Å²) >= 11 is 0. The van der Waals surface area contributed by atoms with Gasteiger partial charge in [0, 0.05) is 17.7 Å². The maximum Gasteiger partial charge on any atom is 0.328 e. The molecular formula is C11H9NO5. The van der Waals surface area contributed by atoms with E-state index in [1.165, 1.54) is 12.1 Å². The van der Waals surface area contributed by atoms with Gasteiger partial charge in [-0.1, -0.05) is 0 Å². The van der Waals surface area contributed by atoms with E-state index >= 15 is 0 Å². The van der Waals surface area contributed by atoms with Gasteiger partial charge in [0.25, 0.3) is 5.69 Å². The molecule has 0 unspecified atom stereocenters. The lowest BCUT2D eigenvalue weighted by atomic mass is 10.0. The van der Waals surface area contributed by atoms with E-state index in [4.69, 9.17) is 5.11 Å². The quantitative estimate of drug-likeness (QED) is 0.371. The van der Waals surface area contributed by atoms with Gasteiger partial charge in [-0.25, -0.2) is 4.79 Å². The standard InChI is InChI=1S/C11H9NO5/c1-7-4-8(6-13)9(2-3-11(14)15)10(5-7)12(16)17/h2-6H,1H3,(H,14,15)/b3-2+. The number of carboxylic acids is 1. The normalized spacial score (nSPS) is 10.4. The van der Waals surface area contributed by atoms with E-state index in [9.17, 15) is 19.7 Å². The van der Waals surface area contributed by atoms with E-state index in [1.807, 2.05) is 0 Å². The highest BCUT2D eigenvalue weighted by Gasteiger charge is 2.16. The third-order valence-electron chi connectivity index (χ3n) is 2.05. The van der Waals surface area contributed by atoms with Crippen LogP contribution in [0.4, 0.5) is 5.69 Å². The molecule has 0 aliphatic rings. The number of rotatable bonds is 4. The van der Waals surface area contributed by atoms with E-state index in [2.05, 4.69) is 0 Å². The van der Waals surface area contributed by atoms with Crippen molar-refractivity contribution in [1.29, 1.82) is 0 Å². The van der Waals surface area contributed by atoms with Crippen molar-refractivity contribution >= 4 is 24.0 Å². The Bertz CT molecular complexity index is 519. The molecule has 0 aliphatic heterocycles. The SMILES string of the molecule is Cc1cc(C=O)c(/C=C/C(=O)O)c([N+](=O)[O-])c1. The molecule has 0 saturated carbocycles. The van der Waals surface area contributed by atoms with Crippen molar-refractivity contribution < 1.29 is 19.6 Å². The molecule has 6 nitrogen and oxygen atoms in total. The number of benzene rings is 1. The van der Waals surface area contributed by atoms with Crippen LogP contribution in [0.1, 0.15) is 21.5 Å². The first-order chi connectivity index (χ1) is 7.95. The maximum atomic E-state index is 10.8. The van der Waals surface area contributed by atoms with Gasteiger partial charge in [-0.15, -0.1) is 0 Å². The molecule has 0 bridgehead atoms. The van der Waals surface area contributed by atoms with Crippen LogP contribution in [0.3, 0.4) is 0 Å². The zero-order valence-electron chi connectivity index (χ0n) is 8.91. The minimum Gasteiger partial charge on any atom is -0.478 e. The molecule has 1 rings (SSSR count). The summed E-state index contributed by atoms with van der Waals surface area (Å²) < 4.78 is 0. The van der Waals surface area contributed by atoms with Crippen molar-refractivity contribution in [3.05, 3.63) is 45.0 Å². The molecule has 0 radical (unpaired) electrons. The number of hydrogen-bond acceptors (Lipinski definition) is 4. The zero-order valence-corrected chi connectivity index (χ0v) is 8.91. The lowest BCUT2D eigenvalue weighted by Gasteiger charge is -2.02. The lowest BCUT2D eigenvalue weighted by molar-refractivity contribution is -0.385. The van der Waals surface area contributed by atoms with E-state index in [0.717, 1.165) is 12.2 Å². The predicted octanol–water partition coefficient (Wildman–Crippen LogP) is 1.81. The molecule has 88 valence electrons. The van der Waals surface area contributed by atoms with Crippen LogP contribution in [0, 0.1) is 17.0 Å². The molecule has 0 spiro atoms. The highest BCUT2D eigenvalue weighted by molar-refractivity contribution is 5.91. The number of carbonyl (C=O) groups excluding carboxylic acids is 1. The molecule has 0 fully saturated rings. The van der Waals surface area contributed by atoms with Gasteiger partial charge >= 0.3 is 5.97 Å². The summed E-state index contributed by atoms with van der Waals surface area (Å²) in [6.45, 7) is 1.62. The van der Waals surface area contributed by atoms with Gasteiger partial charge in [0.1, 0.15) is 0 Å². The van der Waals surface area contributed by atoms with Crippen molar-refractivity contribution in [2.24, 2.45) is 0 Å². The molecule has 0 amide bonds. The fourth-order valence-corrected chi connectivity index (χ4v) is 1.39. The molecule has 17 heavy (non-hydrogen) atoms. The molecule has 1 N–H and O–H groups in total. The van der Waals surface area contributed by atoms with Crippen molar-refractivity contribution in [2.45, 2.75) is 6.92 Å². The number of hydrogen-bond donors (Lipinski definition) is 1. The number of aldehydes is 1. The first kappa shape index (κ1) is 12.6.